The first-order chi connectivity index (χ1) is 8.95. The molecule has 0 aliphatic rings. The third-order valence-electron chi connectivity index (χ3n) is 3.65. The van der Waals surface area contributed by atoms with Gasteiger partial charge in [0.2, 0.25) is 0 Å². The zero-order valence-corrected chi connectivity index (χ0v) is 12.9. The van der Waals surface area contributed by atoms with E-state index in [1.54, 1.807) is 11.3 Å². The van der Waals surface area contributed by atoms with E-state index in [0.717, 1.165) is 21.5 Å². The van der Waals surface area contributed by atoms with Gasteiger partial charge in [-0.1, -0.05) is 39.0 Å². The van der Waals surface area contributed by atoms with Gasteiger partial charge in [0.25, 0.3) is 0 Å². The molecule has 0 atom stereocenters. The molecule has 0 aromatic carbocycles. The Bertz CT molecular complexity index is 560. The summed E-state index contributed by atoms with van der Waals surface area (Å²) in [5, 5.41) is 3.95. The first-order valence-electron chi connectivity index (χ1n) is 6.42. The molecule has 2 aromatic heterocycles. The molecule has 1 N–H and O–H groups in total. The van der Waals surface area contributed by atoms with Crippen molar-refractivity contribution in [1.82, 2.24) is 15.0 Å². The highest BCUT2D eigenvalue weighted by atomic mass is 32.1. The SMILES string of the molecule is CNc1ncc(-c2ccnc(C(C)(C)C(C)C)n2)s1. The quantitative estimate of drug-likeness (QED) is 0.927. The molecular weight excluding hydrogens is 256 g/mol. The Morgan fingerprint density at radius 1 is 1.26 bits per heavy atom. The topological polar surface area (TPSA) is 50.7 Å². The molecule has 0 saturated carbocycles. The summed E-state index contributed by atoms with van der Waals surface area (Å²) in [6, 6.07) is 1.94. The van der Waals surface area contributed by atoms with Gasteiger partial charge in [-0.3, -0.25) is 0 Å². The van der Waals surface area contributed by atoms with E-state index in [0.29, 0.717) is 5.92 Å². The maximum absolute atomic E-state index is 4.72. The van der Waals surface area contributed by atoms with Gasteiger partial charge in [-0.15, -0.1) is 0 Å². The lowest BCUT2D eigenvalue weighted by molar-refractivity contribution is 0.352. The van der Waals surface area contributed by atoms with Gasteiger partial charge in [0.05, 0.1) is 10.6 Å². The first-order valence-corrected chi connectivity index (χ1v) is 7.24. The lowest BCUT2D eigenvalue weighted by Gasteiger charge is -2.27. The lowest BCUT2D eigenvalue weighted by Crippen LogP contribution is -2.27. The van der Waals surface area contributed by atoms with Gasteiger partial charge >= 0.3 is 0 Å². The van der Waals surface area contributed by atoms with Crippen molar-refractivity contribution in [2.45, 2.75) is 33.1 Å². The predicted octanol–water partition coefficient (Wildman–Crippen LogP) is 3.58. The molecule has 0 saturated heterocycles. The highest BCUT2D eigenvalue weighted by molar-refractivity contribution is 7.18. The average molecular weight is 276 g/mol. The number of rotatable bonds is 4. The fourth-order valence-electron chi connectivity index (χ4n) is 1.57. The van der Waals surface area contributed by atoms with Gasteiger partial charge in [-0.2, -0.15) is 0 Å². The van der Waals surface area contributed by atoms with Crippen molar-refractivity contribution < 1.29 is 0 Å². The van der Waals surface area contributed by atoms with Gasteiger partial charge < -0.3 is 5.32 Å². The molecule has 0 unspecified atom stereocenters. The van der Waals surface area contributed by atoms with Crippen LogP contribution < -0.4 is 5.32 Å². The van der Waals surface area contributed by atoms with E-state index in [1.165, 1.54) is 0 Å². The second-order valence-corrected chi connectivity index (χ2v) is 6.45. The van der Waals surface area contributed by atoms with E-state index >= 15 is 0 Å². The van der Waals surface area contributed by atoms with Crippen LogP contribution >= 0.6 is 11.3 Å². The second kappa shape index (κ2) is 5.25. The van der Waals surface area contributed by atoms with Crippen LogP contribution in [0.5, 0.6) is 0 Å². The number of anilines is 1. The van der Waals surface area contributed by atoms with Crippen LogP contribution in [0.25, 0.3) is 10.6 Å². The summed E-state index contributed by atoms with van der Waals surface area (Å²) in [5.74, 6) is 1.37. The van der Waals surface area contributed by atoms with Gasteiger partial charge in [-0.05, 0) is 12.0 Å². The van der Waals surface area contributed by atoms with Gasteiger partial charge in [-0.25, -0.2) is 15.0 Å². The van der Waals surface area contributed by atoms with Crippen LogP contribution in [0.1, 0.15) is 33.5 Å². The summed E-state index contributed by atoms with van der Waals surface area (Å²) >= 11 is 1.60. The van der Waals surface area contributed by atoms with Crippen LogP contribution in [0.2, 0.25) is 0 Å². The number of aromatic nitrogens is 3. The minimum atomic E-state index is -0.0352. The third kappa shape index (κ3) is 2.76. The summed E-state index contributed by atoms with van der Waals surface area (Å²) in [7, 11) is 1.87. The number of nitrogens with zero attached hydrogens (tertiary/aromatic N) is 3. The van der Waals surface area contributed by atoms with Gasteiger partial charge in [0.1, 0.15) is 5.82 Å². The van der Waals surface area contributed by atoms with E-state index in [1.807, 2.05) is 25.5 Å². The molecule has 0 spiro atoms. The normalized spacial score (nSPS) is 11.9. The van der Waals surface area contributed by atoms with Crippen molar-refractivity contribution in [2.75, 3.05) is 12.4 Å². The molecule has 102 valence electrons. The molecule has 5 heteroatoms. The van der Waals surface area contributed by atoms with Crippen LogP contribution in [0.4, 0.5) is 5.13 Å². The van der Waals surface area contributed by atoms with Crippen molar-refractivity contribution in [3.63, 3.8) is 0 Å². The maximum atomic E-state index is 4.72. The molecule has 4 nitrogen and oxygen atoms in total. The first kappa shape index (κ1) is 13.9. The molecule has 2 aromatic rings. The Hall–Kier alpha value is -1.49. The van der Waals surface area contributed by atoms with Crippen molar-refractivity contribution in [3.8, 4) is 10.6 Å². The van der Waals surface area contributed by atoms with Crippen molar-refractivity contribution in [1.29, 1.82) is 0 Å². The zero-order chi connectivity index (χ0) is 14.0. The highest BCUT2D eigenvalue weighted by Gasteiger charge is 2.28. The Kier molecular flexibility index (Phi) is 3.85. The third-order valence-corrected chi connectivity index (χ3v) is 4.68. The Balaban J connectivity index is 2.39. The molecule has 0 aliphatic carbocycles. The Labute approximate surface area is 118 Å². The molecule has 0 radical (unpaired) electrons. The monoisotopic (exact) mass is 276 g/mol. The Morgan fingerprint density at radius 3 is 2.58 bits per heavy atom. The molecule has 2 rings (SSSR count). The molecule has 0 amide bonds. The minimum Gasteiger partial charge on any atom is -0.365 e. The average Bonchev–Trinajstić information content (AvgIpc) is 2.87. The molecule has 0 bridgehead atoms. The Morgan fingerprint density at radius 2 is 2.00 bits per heavy atom. The van der Waals surface area contributed by atoms with Crippen LogP contribution in [-0.2, 0) is 5.41 Å². The summed E-state index contributed by atoms with van der Waals surface area (Å²) in [4.78, 5) is 14.5. The highest BCUT2D eigenvalue weighted by Crippen LogP contribution is 2.31. The predicted molar refractivity (Wildman–Crippen MR) is 80.6 cm³/mol. The molecule has 19 heavy (non-hydrogen) atoms. The number of hydrogen-bond acceptors (Lipinski definition) is 5. The second-order valence-electron chi connectivity index (χ2n) is 5.42. The number of thiazole rings is 1. The molecular formula is C14H20N4S. The number of hydrogen-bond donors (Lipinski definition) is 1. The van der Waals surface area contributed by atoms with Crippen LogP contribution in [0, 0.1) is 5.92 Å². The van der Waals surface area contributed by atoms with E-state index in [2.05, 4.69) is 43.0 Å². The van der Waals surface area contributed by atoms with Crippen molar-refractivity contribution in [3.05, 3.63) is 24.3 Å². The standard InChI is InChI=1S/C14H20N4S/c1-9(2)14(3,4)12-16-7-6-10(18-12)11-8-17-13(15-5)19-11/h6-9H,1-5H3,(H,15,17). The van der Waals surface area contributed by atoms with Crippen molar-refractivity contribution in [2.24, 2.45) is 5.92 Å². The van der Waals surface area contributed by atoms with E-state index in [4.69, 9.17) is 4.98 Å². The van der Waals surface area contributed by atoms with E-state index in [9.17, 15) is 0 Å². The van der Waals surface area contributed by atoms with Crippen molar-refractivity contribution >= 4 is 16.5 Å². The van der Waals surface area contributed by atoms with Crippen LogP contribution in [-0.4, -0.2) is 22.0 Å². The summed E-state index contributed by atoms with van der Waals surface area (Å²) in [6.07, 6.45) is 3.69. The molecule has 0 aliphatic heterocycles. The molecule has 2 heterocycles. The summed E-state index contributed by atoms with van der Waals surface area (Å²) < 4.78 is 0. The summed E-state index contributed by atoms with van der Waals surface area (Å²) in [5.41, 5.74) is 0.907. The van der Waals surface area contributed by atoms with Gasteiger partial charge in [0, 0.05) is 24.9 Å². The fourth-order valence-corrected chi connectivity index (χ4v) is 2.31. The van der Waals surface area contributed by atoms with E-state index in [-0.39, 0.29) is 5.41 Å². The summed E-state index contributed by atoms with van der Waals surface area (Å²) in [6.45, 7) is 8.76. The van der Waals surface area contributed by atoms with Gasteiger partial charge in [0.15, 0.2) is 5.13 Å². The smallest absolute Gasteiger partial charge is 0.182 e. The maximum Gasteiger partial charge on any atom is 0.182 e. The van der Waals surface area contributed by atoms with E-state index < -0.39 is 0 Å². The molecule has 0 fully saturated rings. The zero-order valence-electron chi connectivity index (χ0n) is 12.1. The van der Waals surface area contributed by atoms with Crippen LogP contribution in [0.3, 0.4) is 0 Å². The minimum absolute atomic E-state index is 0.0352. The lowest BCUT2D eigenvalue weighted by atomic mass is 9.80. The largest absolute Gasteiger partial charge is 0.365 e. The van der Waals surface area contributed by atoms with Crippen LogP contribution in [0.15, 0.2) is 18.5 Å². The fraction of sp³-hybridized carbons (Fsp3) is 0.500. The number of nitrogens with one attached hydrogen (secondary N) is 1.